The third-order valence-electron chi connectivity index (χ3n) is 5.06. The second-order valence-electron chi connectivity index (χ2n) is 10.1. The molecule has 2 aromatic heterocycles. The average Bonchev–Trinajstić information content (AvgIpc) is 3.15. The molecule has 0 spiro atoms. The quantitative estimate of drug-likeness (QED) is 0.616. The van der Waals surface area contributed by atoms with Crippen LogP contribution in [0.15, 0.2) is 6.33 Å². The molecule has 12 heteroatoms. The number of aliphatic hydroxyl groups is 2. The van der Waals surface area contributed by atoms with Crippen LogP contribution in [0.1, 0.15) is 59.7 Å². The van der Waals surface area contributed by atoms with Crippen molar-refractivity contribution >= 4 is 35.0 Å². The van der Waals surface area contributed by atoms with E-state index >= 15 is 0 Å². The van der Waals surface area contributed by atoms with E-state index in [-0.39, 0.29) is 11.7 Å². The summed E-state index contributed by atoms with van der Waals surface area (Å²) in [7, 11) is 0. The monoisotopic (exact) mass is 483 g/mol. The highest BCUT2D eigenvalue weighted by Gasteiger charge is 2.50. The van der Waals surface area contributed by atoms with E-state index in [1.165, 1.54) is 6.33 Å². The van der Waals surface area contributed by atoms with Crippen LogP contribution < -0.4 is 0 Å². The van der Waals surface area contributed by atoms with E-state index in [1.54, 1.807) is 53.0 Å². The number of hydrogen-bond acceptors (Lipinski definition) is 9. The fraction of sp³-hybridized carbons (Fsp3) is 0.667. The molecule has 3 unspecified atom stereocenters. The number of imidazole rings is 1. The van der Waals surface area contributed by atoms with Crippen LogP contribution in [0.3, 0.4) is 0 Å². The van der Waals surface area contributed by atoms with Crippen molar-refractivity contribution in [2.45, 2.75) is 90.4 Å². The standard InChI is InChI=1S/C21H30ClN5O6/c1-10-13-16(25-17(22)24-10)26(9-23-13)11-8-12(15(29)14(11)28)27(18(30)32-20(2,3)4)19(31)33-21(5,6)7/h9,11-12,14-15,28-29H,8H2,1-7H3/t11?,12-,14?,15?/m0/s1. The SMILES string of the molecule is Cc1nc(Cl)nc2c1ncn2C1C[C@H](N(C(=O)OC(C)(C)C)C(=O)OC(C)(C)C)C(O)C1O. The second-order valence-corrected chi connectivity index (χ2v) is 10.4. The zero-order valence-electron chi connectivity index (χ0n) is 19.7. The Bertz CT molecular complexity index is 1030. The second kappa shape index (κ2) is 8.69. The number of ether oxygens (including phenoxy) is 2. The number of imide groups is 1. The summed E-state index contributed by atoms with van der Waals surface area (Å²) in [6.45, 7) is 11.7. The first kappa shape index (κ1) is 25.1. The number of fused-ring (bicyclic) bond motifs is 1. The number of aromatic nitrogens is 4. The Balaban J connectivity index is 1.99. The molecule has 1 saturated carbocycles. The minimum absolute atomic E-state index is 0.00689. The van der Waals surface area contributed by atoms with Crippen LogP contribution in [0, 0.1) is 6.92 Å². The Morgan fingerprint density at radius 2 is 1.61 bits per heavy atom. The largest absolute Gasteiger partial charge is 0.443 e. The van der Waals surface area contributed by atoms with Crippen LogP contribution in [0.25, 0.3) is 11.2 Å². The van der Waals surface area contributed by atoms with E-state index in [2.05, 4.69) is 15.0 Å². The van der Waals surface area contributed by atoms with Crippen molar-refractivity contribution in [3.8, 4) is 0 Å². The molecule has 1 aliphatic carbocycles. The molecule has 33 heavy (non-hydrogen) atoms. The molecule has 0 bridgehead atoms. The molecular weight excluding hydrogens is 454 g/mol. The number of nitrogens with zero attached hydrogens (tertiary/aromatic N) is 5. The minimum atomic E-state index is -1.47. The lowest BCUT2D eigenvalue weighted by atomic mass is 10.1. The maximum atomic E-state index is 13.0. The van der Waals surface area contributed by atoms with Gasteiger partial charge in [0, 0.05) is 0 Å². The predicted octanol–water partition coefficient (Wildman–Crippen LogP) is 3.00. The van der Waals surface area contributed by atoms with Crippen molar-refractivity contribution in [1.82, 2.24) is 24.4 Å². The van der Waals surface area contributed by atoms with E-state index < -0.39 is 47.7 Å². The van der Waals surface area contributed by atoms with E-state index in [0.717, 1.165) is 4.90 Å². The maximum Gasteiger partial charge on any atom is 0.420 e. The van der Waals surface area contributed by atoms with Crippen LogP contribution >= 0.6 is 11.6 Å². The number of halogens is 1. The van der Waals surface area contributed by atoms with Gasteiger partial charge >= 0.3 is 12.2 Å². The Hall–Kier alpha value is -2.50. The molecule has 0 aromatic carbocycles. The highest BCUT2D eigenvalue weighted by atomic mass is 35.5. The van der Waals surface area contributed by atoms with Gasteiger partial charge in [0.25, 0.3) is 0 Å². The molecule has 2 heterocycles. The highest BCUT2D eigenvalue weighted by molar-refractivity contribution is 6.28. The molecule has 1 aliphatic rings. The van der Waals surface area contributed by atoms with Gasteiger partial charge in [-0.05, 0) is 66.5 Å². The van der Waals surface area contributed by atoms with E-state index in [1.807, 2.05) is 0 Å². The summed E-state index contributed by atoms with van der Waals surface area (Å²) in [4.78, 5) is 39.2. The van der Waals surface area contributed by atoms with Gasteiger partial charge in [-0.15, -0.1) is 0 Å². The normalized spacial score (nSPS) is 23.6. The Kier molecular flexibility index (Phi) is 6.62. The van der Waals surface area contributed by atoms with Crippen LogP contribution in [0.5, 0.6) is 0 Å². The number of aliphatic hydroxyl groups excluding tert-OH is 2. The van der Waals surface area contributed by atoms with Crippen molar-refractivity contribution < 1.29 is 29.3 Å². The van der Waals surface area contributed by atoms with Crippen molar-refractivity contribution in [3.05, 3.63) is 17.3 Å². The zero-order valence-corrected chi connectivity index (χ0v) is 20.5. The van der Waals surface area contributed by atoms with Gasteiger partial charge < -0.3 is 24.3 Å². The Morgan fingerprint density at radius 1 is 1.06 bits per heavy atom. The molecule has 0 radical (unpaired) electrons. The number of aryl methyl sites for hydroxylation is 1. The lowest BCUT2D eigenvalue weighted by Gasteiger charge is -2.33. The number of rotatable bonds is 2. The molecule has 0 saturated heterocycles. The van der Waals surface area contributed by atoms with Crippen LogP contribution in [0.4, 0.5) is 9.59 Å². The molecule has 2 N–H and O–H groups in total. The summed E-state index contributed by atoms with van der Waals surface area (Å²) in [5, 5.41) is 21.8. The number of carbonyl (C=O) groups is 2. The Labute approximate surface area is 196 Å². The van der Waals surface area contributed by atoms with E-state index in [0.29, 0.717) is 16.9 Å². The predicted molar refractivity (Wildman–Crippen MR) is 119 cm³/mol. The minimum Gasteiger partial charge on any atom is -0.443 e. The van der Waals surface area contributed by atoms with Crippen molar-refractivity contribution in [2.75, 3.05) is 0 Å². The zero-order chi connectivity index (χ0) is 24.9. The van der Waals surface area contributed by atoms with Crippen LogP contribution in [-0.2, 0) is 9.47 Å². The summed E-state index contributed by atoms with van der Waals surface area (Å²) < 4.78 is 12.4. The first-order valence-electron chi connectivity index (χ1n) is 10.6. The third kappa shape index (κ3) is 5.36. The van der Waals surface area contributed by atoms with Gasteiger partial charge in [-0.1, -0.05) is 0 Å². The average molecular weight is 484 g/mol. The highest BCUT2D eigenvalue weighted by Crippen LogP contribution is 2.37. The van der Waals surface area contributed by atoms with Gasteiger partial charge in [0.05, 0.1) is 24.1 Å². The molecule has 2 aromatic rings. The Morgan fingerprint density at radius 3 is 2.12 bits per heavy atom. The van der Waals surface area contributed by atoms with E-state index in [4.69, 9.17) is 21.1 Å². The smallest absolute Gasteiger partial charge is 0.420 e. The van der Waals surface area contributed by atoms with Crippen LogP contribution in [0.2, 0.25) is 5.28 Å². The first-order valence-corrected chi connectivity index (χ1v) is 10.9. The molecule has 1 fully saturated rings. The third-order valence-corrected chi connectivity index (χ3v) is 5.23. The molecule has 0 aliphatic heterocycles. The molecule has 3 rings (SSSR count). The summed E-state index contributed by atoms with van der Waals surface area (Å²) in [6.07, 6.45) is -3.31. The number of amides is 2. The molecule has 11 nitrogen and oxygen atoms in total. The summed E-state index contributed by atoms with van der Waals surface area (Å²) in [5.74, 6) is 0. The maximum absolute atomic E-state index is 13.0. The fourth-order valence-electron chi connectivity index (χ4n) is 3.75. The summed E-state index contributed by atoms with van der Waals surface area (Å²) >= 11 is 6.00. The van der Waals surface area contributed by atoms with Gasteiger partial charge in [-0.2, -0.15) is 4.98 Å². The van der Waals surface area contributed by atoms with Gasteiger partial charge in [0.15, 0.2) is 5.65 Å². The summed E-state index contributed by atoms with van der Waals surface area (Å²) in [6, 6.07) is -1.88. The molecule has 2 amide bonds. The lowest BCUT2D eigenvalue weighted by Crippen LogP contribution is -2.52. The van der Waals surface area contributed by atoms with Gasteiger partial charge in [0.2, 0.25) is 5.28 Å². The topological polar surface area (TPSA) is 140 Å². The van der Waals surface area contributed by atoms with Gasteiger partial charge in [-0.3, -0.25) is 0 Å². The van der Waals surface area contributed by atoms with Crippen molar-refractivity contribution in [3.63, 3.8) is 0 Å². The molecule has 4 atom stereocenters. The van der Waals surface area contributed by atoms with Gasteiger partial charge in [0.1, 0.15) is 28.9 Å². The van der Waals surface area contributed by atoms with Gasteiger partial charge in [-0.25, -0.2) is 24.5 Å². The molecule has 182 valence electrons. The lowest BCUT2D eigenvalue weighted by molar-refractivity contribution is -0.0349. The molecular formula is C21H30ClN5O6. The fourth-order valence-corrected chi connectivity index (χ4v) is 3.96. The number of carbonyl (C=O) groups excluding carboxylic acids is 2. The first-order chi connectivity index (χ1) is 15.1. The van der Waals surface area contributed by atoms with Crippen molar-refractivity contribution in [1.29, 1.82) is 0 Å². The van der Waals surface area contributed by atoms with Crippen molar-refractivity contribution in [2.24, 2.45) is 0 Å². The summed E-state index contributed by atoms with van der Waals surface area (Å²) in [5.41, 5.74) is -0.390. The number of hydrogen-bond donors (Lipinski definition) is 2. The van der Waals surface area contributed by atoms with Crippen LogP contribution in [-0.4, -0.2) is 76.3 Å². The van der Waals surface area contributed by atoms with E-state index in [9.17, 15) is 19.8 Å².